The largest absolute Gasteiger partial charge is 0.489 e. The van der Waals surface area contributed by atoms with E-state index in [-0.39, 0.29) is 10.6 Å². The summed E-state index contributed by atoms with van der Waals surface area (Å²) >= 11 is 0.894. The highest BCUT2D eigenvalue weighted by molar-refractivity contribution is 7.14. The fourth-order valence-electron chi connectivity index (χ4n) is 1.01. The summed E-state index contributed by atoms with van der Waals surface area (Å²) in [4.78, 5) is 11.1. The van der Waals surface area contributed by atoms with Crippen molar-refractivity contribution >= 4 is 17.3 Å². The lowest BCUT2D eigenvalue weighted by atomic mass is 10.3. The number of alkyl halides is 3. The first-order chi connectivity index (χ1) is 7.71. The molecule has 1 unspecified atom stereocenters. The summed E-state index contributed by atoms with van der Waals surface area (Å²) in [5.41, 5.74) is 0. The van der Waals surface area contributed by atoms with Crippen LogP contribution >= 0.6 is 11.3 Å². The van der Waals surface area contributed by atoms with Crippen LogP contribution in [-0.4, -0.2) is 35.1 Å². The Labute approximate surface area is 98.3 Å². The van der Waals surface area contributed by atoms with E-state index < -0.39 is 24.9 Å². The van der Waals surface area contributed by atoms with Crippen molar-refractivity contribution in [3.63, 3.8) is 0 Å². The highest BCUT2D eigenvalue weighted by atomic mass is 32.1. The van der Waals surface area contributed by atoms with Crippen LogP contribution in [0, 0.1) is 6.92 Å². The van der Waals surface area contributed by atoms with Gasteiger partial charge >= 0.3 is 12.1 Å². The molecule has 0 radical (unpaired) electrons. The van der Waals surface area contributed by atoms with Gasteiger partial charge in [0.15, 0.2) is 11.0 Å². The first-order valence-electron chi connectivity index (χ1n) is 4.43. The minimum absolute atomic E-state index is 0.164. The molecule has 4 nitrogen and oxygen atoms in total. The number of rotatable bonds is 4. The second-order valence-corrected chi connectivity index (χ2v) is 4.48. The number of halogens is 3. The number of aliphatic hydroxyl groups excluding tert-OH is 1. The van der Waals surface area contributed by atoms with E-state index in [9.17, 15) is 18.0 Å². The van der Waals surface area contributed by atoms with E-state index in [0.29, 0.717) is 4.88 Å². The minimum atomic E-state index is -4.78. The fourth-order valence-corrected chi connectivity index (χ4v) is 1.80. The van der Waals surface area contributed by atoms with Crippen LogP contribution in [0.25, 0.3) is 0 Å². The molecule has 0 aliphatic carbocycles. The lowest BCUT2D eigenvalue weighted by Crippen LogP contribution is -2.34. The molecule has 0 fully saturated rings. The van der Waals surface area contributed by atoms with Gasteiger partial charge in [-0.3, -0.25) is 0 Å². The predicted molar refractivity (Wildman–Crippen MR) is 53.6 cm³/mol. The van der Waals surface area contributed by atoms with Gasteiger partial charge in [-0.05, 0) is 13.0 Å². The zero-order valence-electron chi connectivity index (χ0n) is 8.61. The molecule has 8 heteroatoms. The van der Waals surface area contributed by atoms with Crippen LogP contribution in [-0.2, 0) is 0 Å². The van der Waals surface area contributed by atoms with Crippen molar-refractivity contribution in [1.82, 2.24) is 0 Å². The first-order valence-corrected chi connectivity index (χ1v) is 5.24. The number of ether oxygens (including phenoxy) is 1. The van der Waals surface area contributed by atoms with Gasteiger partial charge in [0.05, 0.1) is 0 Å². The Morgan fingerprint density at radius 1 is 1.59 bits per heavy atom. The Balaban J connectivity index is 2.73. The number of hydrogen-bond donors (Lipinski definition) is 2. The third-order valence-electron chi connectivity index (χ3n) is 1.79. The average molecular weight is 270 g/mol. The second-order valence-electron chi connectivity index (χ2n) is 3.22. The summed E-state index contributed by atoms with van der Waals surface area (Å²) in [5, 5.41) is 17.4. The molecule has 0 aliphatic heterocycles. The fraction of sp³-hybridized carbons (Fsp3) is 0.444. The van der Waals surface area contributed by atoms with Gasteiger partial charge in [0.2, 0.25) is 0 Å². The Morgan fingerprint density at radius 3 is 2.65 bits per heavy atom. The summed E-state index contributed by atoms with van der Waals surface area (Å²) in [5.74, 6) is -1.44. The smallest absolute Gasteiger partial charge is 0.417 e. The Hall–Kier alpha value is -1.28. The normalized spacial score (nSPS) is 13.5. The van der Waals surface area contributed by atoms with E-state index in [4.69, 9.17) is 10.2 Å². The number of aliphatic hydroxyl groups is 1. The minimum Gasteiger partial charge on any atom is -0.489 e. The van der Waals surface area contributed by atoms with Crippen molar-refractivity contribution < 1.29 is 32.9 Å². The van der Waals surface area contributed by atoms with E-state index >= 15 is 0 Å². The van der Waals surface area contributed by atoms with Crippen molar-refractivity contribution in [3.05, 3.63) is 15.8 Å². The van der Waals surface area contributed by atoms with Gasteiger partial charge in [-0.2, -0.15) is 13.2 Å². The summed E-state index contributed by atoms with van der Waals surface area (Å²) < 4.78 is 40.6. The van der Waals surface area contributed by atoms with Crippen molar-refractivity contribution in [3.8, 4) is 5.75 Å². The van der Waals surface area contributed by atoms with Crippen LogP contribution < -0.4 is 4.74 Å². The monoisotopic (exact) mass is 270 g/mol. The number of thiophene rings is 1. The number of carboxylic acids is 1. The van der Waals surface area contributed by atoms with Gasteiger partial charge in [0, 0.05) is 4.88 Å². The maximum Gasteiger partial charge on any atom is 0.417 e. The molecule has 1 rings (SSSR count). The molecule has 0 saturated carbocycles. The van der Waals surface area contributed by atoms with Crippen LogP contribution in [0.5, 0.6) is 5.75 Å². The molecule has 96 valence electrons. The lowest BCUT2D eigenvalue weighted by Gasteiger charge is -2.14. The van der Waals surface area contributed by atoms with Crippen LogP contribution in [0.3, 0.4) is 0 Å². The summed E-state index contributed by atoms with van der Waals surface area (Å²) in [6.07, 6.45) is -7.42. The van der Waals surface area contributed by atoms with E-state index in [2.05, 4.69) is 4.74 Å². The molecule has 1 aromatic rings. The standard InChI is InChI=1S/C9H9F3O4S/c1-4-2-5(7(17-4)8(14)15)16-3-6(13)9(10,11)12/h2,6,13H,3H2,1H3,(H,14,15). The van der Waals surface area contributed by atoms with Gasteiger partial charge in [-0.25, -0.2) is 4.79 Å². The number of aromatic carboxylic acids is 1. The van der Waals surface area contributed by atoms with Crippen LogP contribution in [0.15, 0.2) is 6.07 Å². The number of aryl methyl sites for hydroxylation is 1. The maximum atomic E-state index is 12.0. The number of hydrogen-bond acceptors (Lipinski definition) is 4. The number of carbonyl (C=O) groups is 1. The molecule has 1 heterocycles. The highest BCUT2D eigenvalue weighted by Crippen LogP contribution is 2.30. The molecule has 0 amide bonds. The molecule has 0 bridgehead atoms. The Kier molecular flexibility index (Phi) is 3.99. The quantitative estimate of drug-likeness (QED) is 0.878. The van der Waals surface area contributed by atoms with Crippen molar-refractivity contribution in [2.75, 3.05) is 6.61 Å². The molecule has 0 saturated heterocycles. The predicted octanol–water partition coefficient (Wildman–Crippen LogP) is 2.06. The van der Waals surface area contributed by atoms with Crippen molar-refractivity contribution in [2.45, 2.75) is 19.2 Å². The highest BCUT2D eigenvalue weighted by Gasteiger charge is 2.39. The topological polar surface area (TPSA) is 66.8 Å². The number of carboxylic acid groups (broad SMARTS) is 1. The van der Waals surface area contributed by atoms with Gasteiger partial charge in [0.25, 0.3) is 0 Å². The Bertz CT molecular complexity index is 413. The zero-order valence-corrected chi connectivity index (χ0v) is 9.43. The van der Waals surface area contributed by atoms with E-state index in [1.165, 1.54) is 6.07 Å². The molecule has 17 heavy (non-hydrogen) atoms. The molecule has 0 spiro atoms. The van der Waals surface area contributed by atoms with Gasteiger partial charge in [-0.1, -0.05) is 0 Å². The molecule has 2 N–H and O–H groups in total. The SMILES string of the molecule is Cc1cc(OCC(O)C(F)(F)F)c(C(=O)O)s1. The van der Waals surface area contributed by atoms with Crippen molar-refractivity contribution in [1.29, 1.82) is 0 Å². The summed E-state index contributed by atoms with van der Waals surface area (Å²) in [7, 11) is 0. The summed E-state index contributed by atoms with van der Waals surface area (Å²) in [6.45, 7) is 0.574. The molecular formula is C9H9F3O4S. The Morgan fingerprint density at radius 2 is 2.18 bits per heavy atom. The first kappa shape index (κ1) is 13.8. The van der Waals surface area contributed by atoms with Gasteiger partial charge < -0.3 is 14.9 Å². The third-order valence-corrected chi connectivity index (χ3v) is 2.81. The molecular weight excluding hydrogens is 261 g/mol. The van der Waals surface area contributed by atoms with Crippen LogP contribution in [0.1, 0.15) is 14.5 Å². The van der Waals surface area contributed by atoms with Crippen molar-refractivity contribution in [2.24, 2.45) is 0 Å². The van der Waals surface area contributed by atoms with Gasteiger partial charge in [-0.15, -0.1) is 11.3 Å². The third kappa shape index (κ3) is 3.60. The van der Waals surface area contributed by atoms with E-state index in [1.807, 2.05) is 0 Å². The van der Waals surface area contributed by atoms with E-state index in [0.717, 1.165) is 11.3 Å². The zero-order chi connectivity index (χ0) is 13.2. The van der Waals surface area contributed by atoms with Crippen LogP contribution in [0.2, 0.25) is 0 Å². The molecule has 0 aliphatic rings. The average Bonchev–Trinajstić information content (AvgIpc) is 2.54. The molecule has 1 atom stereocenters. The molecule has 1 aromatic heterocycles. The summed E-state index contributed by atoms with van der Waals surface area (Å²) in [6, 6.07) is 1.32. The van der Waals surface area contributed by atoms with E-state index in [1.54, 1.807) is 6.92 Å². The van der Waals surface area contributed by atoms with Gasteiger partial charge in [0.1, 0.15) is 12.4 Å². The van der Waals surface area contributed by atoms with Crippen LogP contribution in [0.4, 0.5) is 13.2 Å². The maximum absolute atomic E-state index is 12.0. The lowest BCUT2D eigenvalue weighted by molar-refractivity contribution is -0.210. The molecule has 0 aromatic carbocycles. The second kappa shape index (κ2) is 4.92.